The third-order valence-corrected chi connectivity index (χ3v) is 8.24. The molecule has 1 N–H and O–H groups in total. The van der Waals surface area contributed by atoms with E-state index in [1.165, 1.54) is 17.5 Å². The molecule has 1 unspecified atom stereocenters. The van der Waals surface area contributed by atoms with Crippen LogP contribution in [0.1, 0.15) is 70.4 Å². The van der Waals surface area contributed by atoms with Gasteiger partial charge in [-0.25, -0.2) is 8.42 Å². The normalized spacial score (nSPS) is 19.7. The smallest absolute Gasteiger partial charge is 0.243 e. The third kappa shape index (κ3) is 5.60. The van der Waals surface area contributed by atoms with Crippen LogP contribution < -0.4 is 5.32 Å². The Morgan fingerprint density at radius 1 is 1.07 bits per heavy atom. The van der Waals surface area contributed by atoms with E-state index in [9.17, 15) is 13.2 Å². The van der Waals surface area contributed by atoms with E-state index in [1.807, 2.05) is 12.1 Å². The van der Waals surface area contributed by atoms with Crippen molar-refractivity contribution in [1.82, 2.24) is 9.62 Å². The van der Waals surface area contributed by atoms with Gasteiger partial charge in [0, 0.05) is 25.0 Å². The number of hydrogen-bond acceptors (Lipinski definition) is 3. The minimum absolute atomic E-state index is 0.0760. The summed E-state index contributed by atoms with van der Waals surface area (Å²) in [5, 5.41) is 3.12. The second kappa shape index (κ2) is 9.61. The molecule has 0 aromatic heterocycles. The summed E-state index contributed by atoms with van der Waals surface area (Å²) in [7, 11) is -3.48. The molecule has 2 aliphatic rings. The molecule has 5 nitrogen and oxygen atoms in total. The van der Waals surface area contributed by atoms with Gasteiger partial charge in [-0.3, -0.25) is 4.79 Å². The van der Waals surface area contributed by atoms with Gasteiger partial charge < -0.3 is 5.32 Å². The SMILES string of the molecule is CC(C)CCC(C)NC(=O)C1CCN(S(=O)(=O)c2ccc3c(c2)CCCC3)CC1. The zero-order valence-corrected chi connectivity index (χ0v) is 18.9. The van der Waals surface area contributed by atoms with Crippen molar-refractivity contribution in [3.05, 3.63) is 29.3 Å². The first-order valence-electron chi connectivity index (χ1n) is 11.2. The van der Waals surface area contributed by atoms with Gasteiger partial charge in [-0.05, 0) is 87.5 Å². The van der Waals surface area contributed by atoms with Gasteiger partial charge in [-0.2, -0.15) is 4.31 Å². The van der Waals surface area contributed by atoms with Gasteiger partial charge in [-0.15, -0.1) is 0 Å². The topological polar surface area (TPSA) is 66.5 Å². The summed E-state index contributed by atoms with van der Waals surface area (Å²) < 4.78 is 27.8. The molecule has 1 aromatic carbocycles. The van der Waals surface area contributed by atoms with Gasteiger partial charge >= 0.3 is 0 Å². The number of carbonyl (C=O) groups excluding carboxylic acids is 1. The van der Waals surface area contributed by atoms with Crippen LogP contribution in [-0.4, -0.2) is 37.8 Å². The second-order valence-electron chi connectivity index (χ2n) is 9.20. The average molecular weight is 421 g/mol. The highest BCUT2D eigenvalue weighted by atomic mass is 32.2. The Kier molecular flexibility index (Phi) is 7.38. The van der Waals surface area contributed by atoms with Crippen LogP contribution in [0.25, 0.3) is 0 Å². The monoisotopic (exact) mass is 420 g/mol. The predicted octanol–water partition coefficient (Wildman–Crippen LogP) is 3.91. The summed E-state index contributed by atoms with van der Waals surface area (Å²) in [4.78, 5) is 13.0. The van der Waals surface area contributed by atoms with Gasteiger partial charge in [0.2, 0.25) is 15.9 Å². The Morgan fingerprint density at radius 3 is 2.38 bits per heavy atom. The molecular formula is C23H36N2O3S. The Bertz CT molecular complexity index is 811. The molecule has 162 valence electrons. The van der Waals surface area contributed by atoms with E-state index in [1.54, 1.807) is 10.4 Å². The van der Waals surface area contributed by atoms with Crippen LogP contribution in [0.5, 0.6) is 0 Å². The fourth-order valence-corrected chi connectivity index (χ4v) is 5.91. The van der Waals surface area contributed by atoms with Crippen molar-refractivity contribution in [1.29, 1.82) is 0 Å². The molecular weight excluding hydrogens is 384 g/mol. The second-order valence-corrected chi connectivity index (χ2v) is 11.1. The standard InChI is InChI=1S/C23H36N2O3S/c1-17(2)8-9-18(3)24-23(26)20-12-14-25(15-13-20)29(27,28)22-11-10-19-6-4-5-7-21(19)16-22/h10-11,16-18,20H,4-9,12-15H2,1-3H3,(H,24,26). The predicted molar refractivity (Wildman–Crippen MR) is 116 cm³/mol. The van der Waals surface area contributed by atoms with Gasteiger partial charge in [0.05, 0.1) is 4.90 Å². The van der Waals surface area contributed by atoms with Crippen LogP contribution in [0.4, 0.5) is 0 Å². The first kappa shape index (κ1) is 22.3. The molecule has 0 spiro atoms. The van der Waals surface area contributed by atoms with Crippen molar-refractivity contribution in [2.45, 2.75) is 83.1 Å². The van der Waals surface area contributed by atoms with Crippen molar-refractivity contribution >= 4 is 15.9 Å². The number of nitrogens with zero attached hydrogens (tertiary/aromatic N) is 1. The molecule has 3 rings (SSSR count). The summed E-state index contributed by atoms with van der Waals surface area (Å²) in [5.74, 6) is 0.616. The molecule has 1 saturated heterocycles. The van der Waals surface area contributed by atoms with Crippen molar-refractivity contribution in [3.8, 4) is 0 Å². The highest BCUT2D eigenvalue weighted by Gasteiger charge is 2.32. The lowest BCUT2D eigenvalue weighted by molar-refractivity contribution is -0.126. The minimum Gasteiger partial charge on any atom is -0.353 e. The molecule has 1 amide bonds. The maximum Gasteiger partial charge on any atom is 0.243 e. The van der Waals surface area contributed by atoms with Crippen molar-refractivity contribution in [2.24, 2.45) is 11.8 Å². The molecule has 6 heteroatoms. The average Bonchev–Trinajstić information content (AvgIpc) is 2.72. The summed E-state index contributed by atoms with van der Waals surface area (Å²) in [5.41, 5.74) is 2.47. The third-order valence-electron chi connectivity index (χ3n) is 6.35. The van der Waals surface area contributed by atoms with Crippen LogP contribution >= 0.6 is 0 Å². The Morgan fingerprint density at radius 2 is 1.72 bits per heavy atom. The minimum atomic E-state index is -3.48. The van der Waals surface area contributed by atoms with Crippen molar-refractivity contribution < 1.29 is 13.2 Å². The number of carbonyl (C=O) groups is 1. The van der Waals surface area contributed by atoms with E-state index in [2.05, 4.69) is 26.1 Å². The van der Waals surface area contributed by atoms with Gasteiger partial charge in [0.1, 0.15) is 0 Å². The van der Waals surface area contributed by atoms with Gasteiger partial charge in [0.25, 0.3) is 0 Å². The molecule has 0 saturated carbocycles. The first-order valence-corrected chi connectivity index (χ1v) is 12.6. The fraction of sp³-hybridized carbons (Fsp3) is 0.696. The van der Waals surface area contributed by atoms with Gasteiger partial charge in [-0.1, -0.05) is 19.9 Å². The van der Waals surface area contributed by atoms with E-state index >= 15 is 0 Å². The number of aryl methyl sites for hydroxylation is 2. The lowest BCUT2D eigenvalue weighted by Crippen LogP contribution is -2.44. The maximum absolute atomic E-state index is 13.1. The van der Waals surface area contributed by atoms with Crippen LogP contribution in [0, 0.1) is 11.8 Å². The molecule has 1 aliphatic heterocycles. The molecule has 1 aliphatic carbocycles. The Hall–Kier alpha value is -1.40. The number of hydrogen-bond donors (Lipinski definition) is 1. The highest BCUT2D eigenvalue weighted by molar-refractivity contribution is 7.89. The fourth-order valence-electron chi connectivity index (χ4n) is 4.39. The highest BCUT2D eigenvalue weighted by Crippen LogP contribution is 2.28. The van der Waals surface area contributed by atoms with Gasteiger partial charge in [0.15, 0.2) is 0 Å². The zero-order chi connectivity index (χ0) is 21.0. The van der Waals surface area contributed by atoms with Crippen LogP contribution in [-0.2, 0) is 27.7 Å². The van der Waals surface area contributed by atoms with Crippen LogP contribution in [0.2, 0.25) is 0 Å². The molecule has 0 bridgehead atoms. The number of fused-ring (bicyclic) bond motifs is 1. The molecule has 0 radical (unpaired) electrons. The summed E-state index contributed by atoms with van der Waals surface area (Å²) in [6, 6.07) is 5.79. The van der Waals surface area contributed by atoms with E-state index in [-0.39, 0.29) is 17.9 Å². The number of amides is 1. The Labute approximate surface area is 176 Å². The van der Waals surface area contributed by atoms with E-state index in [0.29, 0.717) is 36.7 Å². The Balaban J connectivity index is 1.56. The quantitative estimate of drug-likeness (QED) is 0.727. The number of piperidine rings is 1. The summed E-state index contributed by atoms with van der Waals surface area (Å²) >= 11 is 0. The van der Waals surface area contributed by atoms with E-state index in [4.69, 9.17) is 0 Å². The summed E-state index contributed by atoms with van der Waals surface area (Å²) in [6.07, 6.45) is 7.59. The molecule has 29 heavy (non-hydrogen) atoms. The molecule has 1 aromatic rings. The molecule has 1 heterocycles. The number of sulfonamides is 1. The van der Waals surface area contributed by atoms with Crippen LogP contribution in [0.3, 0.4) is 0 Å². The van der Waals surface area contributed by atoms with Crippen LogP contribution in [0.15, 0.2) is 23.1 Å². The lowest BCUT2D eigenvalue weighted by Gasteiger charge is -2.31. The molecule has 1 fully saturated rings. The molecule has 1 atom stereocenters. The number of nitrogens with one attached hydrogen (secondary N) is 1. The largest absolute Gasteiger partial charge is 0.353 e. The van der Waals surface area contributed by atoms with E-state index in [0.717, 1.165) is 32.1 Å². The number of benzene rings is 1. The van der Waals surface area contributed by atoms with Crippen molar-refractivity contribution in [2.75, 3.05) is 13.1 Å². The number of rotatable bonds is 7. The lowest BCUT2D eigenvalue weighted by atomic mass is 9.92. The zero-order valence-electron chi connectivity index (χ0n) is 18.1. The maximum atomic E-state index is 13.1. The van der Waals surface area contributed by atoms with E-state index < -0.39 is 10.0 Å². The first-order chi connectivity index (χ1) is 13.8. The van der Waals surface area contributed by atoms with Crippen molar-refractivity contribution in [3.63, 3.8) is 0 Å². The summed E-state index contributed by atoms with van der Waals surface area (Å²) in [6.45, 7) is 7.26.